The van der Waals surface area contributed by atoms with E-state index in [0.717, 1.165) is 25.7 Å². The molecule has 124 valence electrons. The molecule has 1 aliphatic carbocycles. The van der Waals surface area contributed by atoms with Crippen LogP contribution in [0.5, 0.6) is 0 Å². The molecule has 1 saturated heterocycles. The van der Waals surface area contributed by atoms with E-state index in [1.54, 1.807) is 17.5 Å². The van der Waals surface area contributed by atoms with E-state index in [1.165, 1.54) is 15.6 Å². The third-order valence-electron chi connectivity index (χ3n) is 4.68. The first-order valence-corrected chi connectivity index (χ1v) is 10.0. The minimum Gasteiger partial charge on any atom is -0.337 e. The third-order valence-corrected chi connectivity index (χ3v) is 7.96. The molecular formula is C14H18N4O3S2. The zero-order chi connectivity index (χ0) is 16.1. The Kier molecular flexibility index (Phi) is 3.56. The SMILES string of the molecule is NC1(c2noc(C3CCCN3S(=O)(=O)c3cccs3)n2)CCC1. The number of hydrogen-bond acceptors (Lipinski definition) is 7. The molecule has 0 spiro atoms. The zero-order valence-electron chi connectivity index (χ0n) is 12.5. The second-order valence-electron chi connectivity index (χ2n) is 6.17. The van der Waals surface area contributed by atoms with E-state index in [2.05, 4.69) is 10.1 Å². The van der Waals surface area contributed by atoms with Gasteiger partial charge in [0.05, 0.1) is 5.54 Å². The standard InChI is InChI=1S/C14H18N4O3S2/c15-14(6-3-7-14)13-16-12(21-17-13)10-4-1-8-18(10)23(19,20)11-5-2-9-22-11/h2,5,9-10H,1,3-4,6-8,15H2. The van der Waals surface area contributed by atoms with E-state index in [0.29, 0.717) is 28.9 Å². The van der Waals surface area contributed by atoms with Crippen LogP contribution in [0.15, 0.2) is 26.2 Å². The molecule has 0 bridgehead atoms. The molecule has 2 aliphatic rings. The fourth-order valence-electron chi connectivity index (χ4n) is 3.15. The Morgan fingerprint density at radius 2 is 2.22 bits per heavy atom. The molecule has 2 N–H and O–H groups in total. The molecule has 1 aliphatic heterocycles. The first-order valence-electron chi connectivity index (χ1n) is 7.69. The van der Waals surface area contributed by atoms with Crippen molar-refractivity contribution in [2.45, 2.75) is 47.9 Å². The Balaban J connectivity index is 1.64. The quantitative estimate of drug-likeness (QED) is 0.901. The van der Waals surface area contributed by atoms with Crippen LogP contribution < -0.4 is 5.73 Å². The maximum absolute atomic E-state index is 12.8. The molecule has 23 heavy (non-hydrogen) atoms. The summed E-state index contributed by atoms with van der Waals surface area (Å²) >= 11 is 1.22. The Bertz CT molecular complexity index is 796. The van der Waals surface area contributed by atoms with Crippen molar-refractivity contribution < 1.29 is 12.9 Å². The summed E-state index contributed by atoms with van der Waals surface area (Å²) in [5, 5.41) is 5.77. The molecular weight excluding hydrogens is 336 g/mol. The molecule has 4 rings (SSSR count). The van der Waals surface area contributed by atoms with Crippen LogP contribution >= 0.6 is 11.3 Å². The van der Waals surface area contributed by atoms with Crippen molar-refractivity contribution in [3.63, 3.8) is 0 Å². The number of nitrogens with two attached hydrogens (primary N) is 1. The largest absolute Gasteiger partial charge is 0.337 e. The highest BCUT2D eigenvalue weighted by molar-refractivity contribution is 7.91. The number of thiophene rings is 1. The maximum Gasteiger partial charge on any atom is 0.253 e. The summed E-state index contributed by atoms with van der Waals surface area (Å²) < 4.78 is 32.7. The lowest BCUT2D eigenvalue weighted by atomic mass is 9.77. The number of hydrogen-bond donors (Lipinski definition) is 1. The van der Waals surface area contributed by atoms with E-state index < -0.39 is 21.6 Å². The van der Waals surface area contributed by atoms with E-state index in [4.69, 9.17) is 10.3 Å². The summed E-state index contributed by atoms with van der Waals surface area (Å²) in [5.41, 5.74) is 5.72. The van der Waals surface area contributed by atoms with Crippen molar-refractivity contribution in [2.75, 3.05) is 6.54 Å². The number of aromatic nitrogens is 2. The van der Waals surface area contributed by atoms with Gasteiger partial charge in [-0.1, -0.05) is 11.2 Å². The normalized spacial score (nSPS) is 24.7. The van der Waals surface area contributed by atoms with Crippen LogP contribution in [0.2, 0.25) is 0 Å². The van der Waals surface area contributed by atoms with E-state index in [-0.39, 0.29) is 0 Å². The Morgan fingerprint density at radius 3 is 2.87 bits per heavy atom. The molecule has 0 radical (unpaired) electrons. The van der Waals surface area contributed by atoms with Gasteiger partial charge >= 0.3 is 0 Å². The predicted octanol–water partition coefficient (Wildman–Crippen LogP) is 1.99. The Hall–Kier alpha value is -1.29. The fourth-order valence-corrected chi connectivity index (χ4v) is 5.92. The highest BCUT2D eigenvalue weighted by Gasteiger charge is 2.43. The van der Waals surface area contributed by atoms with Gasteiger partial charge < -0.3 is 10.3 Å². The molecule has 2 aromatic heterocycles. The van der Waals surface area contributed by atoms with Crippen LogP contribution in [0.4, 0.5) is 0 Å². The summed E-state index contributed by atoms with van der Waals surface area (Å²) in [4.78, 5) is 4.43. The minimum absolute atomic E-state index is 0.346. The molecule has 3 heterocycles. The van der Waals surface area contributed by atoms with Gasteiger partial charge in [-0.25, -0.2) is 8.42 Å². The molecule has 1 atom stereocenters. The fraction of sp³-hybridized carbons (Fsp3) is 0.571. The highest BCUT2D eigenvalue weighted by Crippen LogP contribution is 2.40. The number of rotatable bonds is 4. The summed E-state index contributed by atoms with van der Waals surface area (Å²) in [7, 11) is -3.52. The zero-order valence-corrected chi connectivity index (χ0v) is 14.1. The van der Waals surface area contributed by atoms with Gasteiger partial charge in [0.1, 0.15) is 10.3 Å². The van der Waals surface area contributed by atoms with Crippen LogP contribution in [0.3, 0.4) is 0 Å². The third kappa shape index (κ3) is 2.42. The van der Waals surface area contributed by atoms with Gasteiger partial charge in [-0.15, -0.1) is 11.3 Å². The van der Waals surface area contributed by atoms with Crippen LogP contribution in [-0.4, -0.2) is 29.4 Å². The van der Waals surface area contributed by atoms with E-state index >= 15 is 0 Å². The lowest BCUT2D eigenvalue weighted by Gasteiger charge is -2.34. The van der Waals surface area contributed by atoms with Gasteiger partial charge in [0.15, 0.2) is 5.82 Å². The van der Waals surface area contributed by atoms with Crippen molar-refractivity contribution in [1.29, 1.82) is 0 Å². The van der Waals surface area contributed by atoms with Gasteiger partial charge in [-0.3, -0.25) is 0 Å². The van der Waals surface area contributed by atoms with Crippen molar-refractivity contribution in [3.8, 4) is 0 Å². The van der Waals surface area contributed by atoms with Gasteiger partial charge in [-0.05, 0) is 43.6 Å². The molecule has 2 aromatic rings. The lowest BCUT2D eigenvalue weighted by molar-refractivity contribution is 0.227. The summed E-state index contributed by atoms with van der Waals surface area (Å²) in [5.74, 6) is 0.855. The smallest absolute Gasteiger partial charge is 0.253 e. The molecule has 9 heteroatoms. The summed E-state index contributed by atoms with van der Waals surface area (Å²) in [6.45, 7) is 0.469. The molecule has 1 saturated carbocycles. The van der Waals surface area contributed by atoms with Gasteiger partial charge in [0.2, 0.25) is 5.89 Å². The first-order chi connectivity index (χ1) is 11.0. The Morgan fingerprint density at radius 1 is 1.39 bits per heavy atom. The van der Waals surface area contributed by atoms with Crippen molar-refractivity contribution in [3.05, 3.63) is 29.2 Å². The minimum atomic E-state index is -3.52. The van der Waals surface area contributed by atoms with Crippen molar-refractivity contribution >= 4 is 21.4 Å². The highest BCUT2D eigenvalue weighted by atomic mass is 32.2. The van der Waals surface area contributed by atoms with Crippen molar-refractivity contribution in [2.24, 2.45) is 5.73 Å². The Labute approximate surface area is 138 Å². The average Bonchev–Trinajstić information content (AvgIpc) is 3.23. The van der Waals surface area contributed by atoms with E-state index in [9.17, 15) is 8.42 Å². The average molecular weight is 354 g/mol. The van der Waals surface area contributed by atoms with Gasteiger partial charge in [-0.2, -0.15) is 9.29 Å². The van der Waals surface area contributed by atoms with Gasteiger partial charge in [0.25, 0.3) is 10.0 Å². The first kappa shape index (κ1) is 15.3. The number of sulfonamides is 1. The van der Waals surface area contributed by atoms with E-state index in [1.807, 2.05) is 0 Å². The number of nitrogens with zero attached hydrogens (tertiary/aromatic N) is 3. The summed E-state index contributed by atoms with van der Waals surface area (Å²) in [6, 6.07) is 2.96. The maximum atomic E-state index is 12.8. The van der Waals surface area contributed by atoms with Gasteiger partial charge in [0, 0.05) is 6.54 Å². The van der Waals surface area contributed by atoms with Crippen LogP contribution in [0.25, 0.3) is 0 Å². The second-order valence-corrected chi connectivity index (χ2v) is 9.24. The lowest BCUT2D eigenvalue weighted by Crippen LogP contribution is -2.44. The molecule has 0 amide bonds. The van der Waals surface area contributed by atoms with Crippen molar-refractivity contribution in [1.82, 2.24) is 14.4 Å². The molecule has 2 fully saturated rings. The molecule has 7 nitrogen and oxygen atoms in total. The second kappa shape index (κ2) is 5.37. The summed E-state index contributed by atoms with van der Waals surface area (Å²) in [6.07, 6.45) is 4.20. The molecule has 1 unspecified atom stereocenters. The topological polar surface area (TPSA) is 102 Å². The van der Waals surface area contributed by atoms with Crippen LogP contribution in [0, 0.1) is 0 Å². The van der Waals surface area contributed by atoms with Crippen LogP contribution in [-0.2, 0) is 15.6 Å². The van der Waals surface area contributed by atoms with Crippen LogP contribution in [0.1, 0.15) is 49.9 Å². The molecule has 0 aromatic carbocycles. The monoisotopic (exact) mass is 354 g/mol. The predicted molar refractivity (Wildman–Crippen MR) is 84.2 cm³/mol.